The molecule has 1 heteroatoms. The highest BCUT2D eigenvalue weighted by atomic mass is 16.3. The number of fused-ring (bicyclic) bond motifs is 1. The van der Waals surface area contributed by atoms with Gasteiger partial charge in [0.05, 0.1) is 5.60 Å². The molecule has 0 aromatic heterocycles. The lowest BCUT2D eigenvalue weighted by molar-refractivity contribution is 0.0226. The fourth-order valence-corrected chi connectivity index (χ4v) is 2.60. The molecule has 0 saturated heterocycles. The number of hydrogen-bond acceptors (Lipinski definition) is 1. The van der Waals surface area contributed by atoms with Gasteiger partial charge in [-0.05, 0) is 29.2 Å². The first kappa shape index (κ1) is 13.1. The van der Waals surface area contributed by atoms with Crippen LogP contribution < -0.4 is 0 Å². The molecule has 0 aliphatic rings. The van der Waals surface area contributed by atoms with Crippen LogP contribution in [0.3, 0.4) is 0 Å². The fraction of sp³-hybridized carbons (Fsp3) is 0.412. The van der Waals surface area contributed by atoms with Crippen molar-refractivity contribution < 1.29 is 5.11 Å². The quantitative estimate of drug-likeness (QED) is 0.810. The van der Waals surface area contributed by atoms with E-state index in [-0.39, 0.29) is 0 Å². The molecule has 0 aliphatic carbocycles. The van der Waals surface area contributed by atoms with Crippen LogP contribution in [0.1, 0.15) is 45.1 Å². The molecule has 18 heavy (non-hydrogen) atoms. The van der Waals surface area contributed by atoms with Crippen LogP contribution in [0.4, 0.5) is 0 Å². The zero-order chi connectivity index (χ0) is 13.0. The Labute approximate surface area is 109 Å². The van der Waals surface area contributed by atoms with Crippen molar-refractivity contribution in [3.8, 4) is 0 Å². The largest absolute Gasteiger partial charge is 0.385 e. The summed E-state index contributed by atoms with van der Waals surface area (Å²) in [5.74, 6) is 0. The topological polar surface area (TPSA) is 20.2 Å². The Balaban J connectivity index is 2.51. The van der Waals surface area contributed by atoms with Crippen molar-refractivity contribution in [3.63, 3.8) is 0 Å². The summed E-state index contributed by atoms with van der Waals surface area (Å²) in [4.78, 5) is 0. The molecular formula is C17H22O. The molecule has 1 atom stereocenters. The minimum Gasteiger partial charge on any atom is -0.385 e. The Kier molecular flexibility index (Phi) is 4.03. The molecule has 0 amide bonds. The highest BCUT2D eigenvalue weighted by molar-refractivity contribution is 5.86. The maximum Gasteiger partial charge on any atom is 0.0899 e. The molecule has 96 valence electrons. The summed E-state index contributed by atoms with van der Waals surface area (Å²) in [6, 6.07) is 14.5. The maximum absolute atomic E-state index is 10.9. The Morgan fingerprint density at radius 1 is 1.00 bits per heavy atom. The van der Waals surface area contributed by atoms with Gasteiger partial charge in [-0.1, -0.05) is 69.2 Å². The minimum absolute atomic E-state index is 0.684. The molecule has 0 bridgehead atoms. The summed E-state index contributed by atoms with van der Waals surface area (Å²) < 4.78 is 0. The number of benzene rings is 2. The minimum atomic E-state index is -0.684. The first-order valence-corrected chi connectivity index (χ1v) is 6.92. The van der Waals surface area contributed by atoms with Gasteiger partial charge >= 0.3 is 0 Å². The molecule has 1 N–H and O–H groups in total. The van der Waals surface area contributed by atoms with Crippen molar-refractivity contribution in [1.29, 1.82) is 0 Å². The van der Waals surface area contributed by atoms with Crippen LogP contribution in [-0.2, 0) is 5.60 Å². The lowest BCUT2D eigenvalue weighted by atomic mass is 9.83. The molecule has 0 spiro atoms. The van der Waals surface area contributed by atoms with E-state index in [9.17, 15) is 5.11 Å². The molecule has 2 rings (SSSR count). The second-order valence-corrected chi connectivity index (χ2v) is 5.02. The third kappa shape index (κ3) is 2.41. The Hall–Kier alpha value is -1.34. The van der Waals surface area contributed by atoms with Crippen molar-refractivity contribution >= 4 is 10.8 Å². The number of aliphatic hydroxyl groups is 1. The van der Waals surface area contributed by atoms with Crippen LogP contribution >= 0.6 is 0 Å². The smallest absolute Gasteiger partial charge is 0.0899 e. The molecule has 0 radical (unpaired) electrons. The van der Waals surface area contributed by atoms with E-state index in [1.54, 1.807) is 0 Å². The Morgan fingerprint density at radius 2 is 1.72 bits per heavy atom. The van der Waals surface area contributed by atoms with Gasteiger partial charge < -0.3 is 5.11 Å². The second-order valence-electron chi connectivity index (χ2n) is 5.02. The first-order valence-electron chi connectivity index (χ1n) is 6.92. The summed E-state index contributed by atoms with van der Waals surface area (Å²) in [5, 5.41) is 13.3. The van der Waals surface area contributed by atoms with Crippen LogP contribution in [0, 0.1) is 0 Å². The summed E-state index contributed by atoms with van der Waals surface area (Å²) in [5.41, 5.74) is 0.396. The van der Waals surface area contributed by atoms with E-state index in [1.165, 1.54) is 10.8 Å². The Morgan fingerprint density at radius 3 is 2.44 bits per heavy atom. The standard InChI is InChI=1S/C17H22O/c1-3-5-13-17(18,4-2)16-12-8-10-14-9-6-7-11-15(14)16/h6-12,18H,3-5,13H2,1-2H3. The molecule has 0 saturated carbocycles. The van der Waals surface area contributed by atoms with Crippen molar-refractivity contribution in [2.45, 2.75) is 45.1 Å². The van der Waals surface area contributed by atoms with E-state index < -0.39 is 5.60 Å². The maximum atomic E-state index is 10.9. The van der Waals surface area contributed by atoms with E-state index in [4.69, 9.17) is 0 Å². The Bertz CT molecular complexity index is 513. The predicted molar refractivity (Wildman–Crippen MR) is 77.7 cm³/mol. The molecule has 1 nitrogen and oxygen atoms in total. The molecule has 0 heterocycles. The van der Waals surface area contributed by atoms with Crippen molar-refractivity contribution in [3.05, 3.63) is 48.0 Å². The van der Waals surface area contributed by atoms with Gasteiger partial charge in [0.2, 0.25) is 0 Å². The van der Waals surface area contributed by atoms with Crippen molar-refractivity contribution in [2.24, 2.45) is 0 Å². The van der Waals surface area contributed by atoms with Crippen LogP contribution in [0.25, 0.3) is 10.8 Å². The van der Waals surface area contributed by atoms with E-state index in [0.29, 0.717) is 0 Å². The SMILES string of the molecule is CCCCC(O)(CC)c1cccc2ccccc12. The van der Waals surface area contributed by atoms with E-state index >= 15 is 0 Å². The second kappa shape index (κ2) is 5.53. The van der Waals surface area contributed by atoms with Gasteiger partial charge in [0.15, 0.2) is 0 Å². The van der Waals surface area contributed by atoms with Gasteiger partial charge in [-0.3, -0.25) is 0 Å². The predicted octanol–water partition coefficient (Wildman–Crippen LogP) is 4.63. The monoisotopic (exact) mass is 242 g/mol. The number of unbranched alkanes of at least 4 members (excludes halogenated alkanes) is 1. The lowest BCUT2D eigenvalue weighted by Crippen LogP contribution is -2.24. The first-order chi connectivity index (χ1) is 8.71. The molecule has 0 aliphatic heterocycles. The van der Waals surface area contributed by atoms with Crippen LogP contribution in [-0.4, -0.2) is 5.11 Å². The summed E-state index contributed by atoms with van der Waals surface area (Å²) in [6.45, 7) is 4.23. The zero-order valence-electron chi connectivity index (χ0n) is 11.3. The van der Waals surface area contributed by atoms with E-state index in [1.807, 2.05) is 18.2 Å². The summed E-state index contributed by atoms with van der Waals surface area (Å²) in [7, 11) is 0. The summed E-state index contributed by atoms with van der Waals surface area (Å²) in [6.07, 6.45) is 3.79. The van der Waals surface area contributed by atoms with Crippen LogP contribution in [0.5, 0.6) is 0 Å². The summed E-state index contributed by atoms with van der Waals surface area (Å²) >= 11 is 0. The van der Waals surface area contributed by atoms with Crippen molar-refractivity contribution in [2.75, 3.05) is 0 Å². The van der Waals surface area contributed by atoms with Gasteiger partial charge in [-0.15, -0.1) is 0 Å². The molecular weight excluding hydrogens is 220 g/mol. The highest BCUT2D eigenvalue weighted by Gasteiger charge is 2.27. The fourth-order valence-electron chi connectivity index (χ4n) is 2.60. The van der Waals surface area contributed by atoms with Crippen LogP contribution in [0.2, 0.25) is 0 Å². The third-order valence-electron chi connectivity index (χ3n) is 3.82. The lowest BCUT2D eigenvalue weighted by Gasteiger charge is -2.28. The van der Waals surface area contributed by atoms with Crippen molar-refractivity contribution in [1.82, 2.24) is 0 Å². The molecule has 2 aromatic carbocycles. The molecule has 2 aromatic rings. The van der Waals surface area contributed by atoms with Crippen LogP contribution in [0.15, 0.2) is 42.5 Å². The molecule has 0 fully saturated rings. The number of hydrogen-bond donors (Lipinski definition) is 1. The van der Waals surface area contributed by atoms with Gasteiger partial charge in [0, 0.05) is 0 Å². The highest BCUT2D eigenvalue weighted by Crippen LogP contribution is 2.35. The number of rotatable bonds is 5. The van der Waals surface area contributed by atoms with Gasteiger partial charge in [0.25, 0.3) is 0 Å². The van der Waals surface area contributed by atoms with Gasteiger partial charge in [-0.2, -0.15) is 0 Å². The van der Waals surface area contributed by atoms with Gasteiger partial charge in [0.1, 0.15) is 0 Å². The van der Waals surface area contributed by atoms with E-state index in [2.05, 4.69) is 38.1 Å². The normalized spacial score (nSPS) is 14.6. The molecule has 1 unspecified atom stereocenters. The average Bonchev–Trinajstić information content (AvgIpc) is 2.44. The van der Waals surface area contributed by atoms with Gasteiger partial charge in [-0.25, -0.2) is 0 Å². The average molecular weight is 242 g/mol. The third-order valence-corrected chi connectivity index (χ3v) is 3.82. The van der Waals surface area contributed by atoms with E-state index in [0.717, 1.165) is 31.2 Å². The zero-order valence-corrected chi connectivity index (χ0v) is 11.3.